The first kappa shape index (κ1) is 17.9. The summed E-state index contributed by atoms with van der Waals surface area (Å²) < 4.78 is 5.44. The third-order valence-electron chi connectivity index (χ3n) is 5.17. The van der Waals surface area contributed by atoms with E-state index in [4.69, 9.17) is 4.74 Å². The van der Waals surface area contributed by atoms with Crippen LogP contribution in [0, 0.1) is 5.92 Å². The van der Waals surface area contributed by atoms with Crippen molar-refractivity contribution in [3.8, 4) is 0 Å². The predicted molar refractivity (Wildman–Crippen MR) is 96.2 cm³/mol. The summed E-state index contributed by atoms with van der Waals surface area (Å²) in [6.07, 6.45) is 2.75. The van der Waals surface area contributed by atoms with E-state index in [9.17, 15) is 9.59 Å². The number of carbonyl (C=O) groups is 2. The number of likely N-dealkylation sites (tertiary alicyclic amines) is 1. The van der Waals surface area contributed by atoms with E-state index in [-0.39, 0.29) is 17.8 Å². The van der Waals surface area contributed by atoms with Crippen LogP contribution in [0.15, 0.2) is 24.3 Å². The molecule has 0 unspecified atom stereocenters. The fraction of sp³-hybridized carbons (Fsp3) is 0.600. The summed E-state index contributed by atoms with van der Waals surface area (Å²) in [7, 11) is 0. The van der Waals surface area contributed by atoms with Gasteiger partial charge in [-0.25, -0.2) is 4.79 Å². The molecule has 1 aromatic carbocycles. The molecule has 0 N–H and O–H groups in total. The van der Waals surface area contributed by atoms with Gasteiger partial charge >= 0.3 is 5.97 Å². The van der Waals surface area contributed by atoms with Crippen molar-refractivity contribution in [1.82, 2.24) is 9.80 Å². The lowest BCUT2D eigenvalue weighted by Gasteiger charge is -2.18. The highest BCUT2D eigenvalue weighted by Crippen LogP contribution is 2.32. The van der Waals surface area contributed by atoms with Crippen LogP contribution in [0.25, 0.3) is 0 Å². The van der Waals surface area contributed by atoms with Crippen molar-refractivity contribution >= 4 is 11.9 Å². The average molecular weight is 344 g/mol. The third-order valence-corrected chi connectivity index (χ3v) is 5.17. The molecule has 0 bridgehead atoms. The van der Waals surface area contributed by atoms with E-state index in [0.717, 1.165) is 39.0 Å². The van der Waals surface area contributed by atoms with Gasteiger partial charge in [-0.2, -0.15) is 0 Å². The Balaban J connectivity index is 1.47. The van der Waals surface area contributed by atoms with Gasteiger partial charge in [0.2, 0.25) is 5.91 Å². The highest BCUT2D eigenvalue weighted by molar-refractivity contribution is 5.89. The molecule has 1 aliphatic carbocycles. The van der Waals surface area contributed by atoms with E-state index in [0.29, 0.717) is 24.6 Å². The zero-order valence-corrected chi connectivity index (χ0v) is 15.2. The number of hydrogen-bond acceptors (Lipinski definition) is 4. The highest BCUT2D eigenvalue weighted by atomic mass is 16.5. The Bertz CT molecular complexity index is 606. The first-order valence-electron chi connectivity index (χ1n) is 9.38. The van der Waals surface area contributed by atoms with E-state index in [1.54, 1.807) is 0 Å². The first-order valence-corrected chi connectivity index (χ1v) is 9.38. The van der Waals surface area contributed by atoms with Crippen molar-refractivity contribution in [2.45, 2.75) is 45.7 Å². The van der Waals surface area contributed by atoms with Gasteiger partial charge in [0, 0.05) is 31.5 Å². The second kappa shape index (κ2) is 8.00. The number of rotatable bonds is 8. The van der Waals surface area contributed by atoms with Crippen LogP contribution in [0.1, 0.15) is 49.0 Å². The molecule has 1 aliphatic heterocycles. The van der Waals surface area contributed by atoms with Gasteiger partial charge in [0.25, 0.3) is 0 Å². The van der Waals surface area contributed by atoms with Crippen LogP contribution < -0.4 is 0 Å². The van der Waals surface area contributed by atoms with Gasteiger partial charge in [0.05, 0.1) is 12.2 Å². The molecular weight excluding hydrogens is 316 g/mol. The molecule has 1 saturated heterocycles. The number of carbonyl (C=O) groups excluding carboxylic acids is 2. The van der Waals surface area contributed by atoms with Gasteiger partial charge < -0.3 is 9.64 Å². The van der Waals surface area contributed by atoms with E-state index in [2.05, 4.69) is 18.7 Å². The topological polar surface area (TPSA) is 49.9 Å². The predicted octanol–water partition coefficient (Wildman–Crippen LogP) is 2.70. The van der Waals surface area contributed by atoms with Gasteiger partial charge in [0.15, 0.2) is 0 Å². The number of hydrogen-bond donors (Lipinski definition) is 0. The average Bonchev–Trinajstić information content (AvgIpc) is 3.41. The molecule has 2 fully saturated rings. The molecule has 25 heavy (non-hydrogen) atoms. The Morgan fingerprint density at radius 2 is 1.88 bits per heavy atom. The maximum Gasteiger partial charge on any atom is 0.338 e. The maximum atomic E-state index is 12.2. The number of nitrogens with zero attached hydrogens (tertiary/aromatic N) is 2. The second-order valence-corrected chi connectivity index (χ2v) is 7.10. The fourth-order valence-electron chi connectivity index (χ4n) is 3.39. The van der Waals surface area contributed by atoms with Crippen LogP contribution in [0.2, 0.25) is 0 Å². The molecule has 0 radical (unpaired) electrons. The minimum absolute atomic E-state index is 0.138. The van der Waals surface area contributed by atoms with Crippen LogP contribution in [-0.2, 0) is 16.1 Å². The molecule has 0 spiro atoms. The molecule has 2 aliphatic rings. The summed E-state index contributed by atoms with van der Waals surface area (Å²) in [4.78, 5) is 28.5. The Morgan fingerprint density at radius 3 is 2.48 bits per heavy atom. The molecule has 1 amide bonds. The number of benzene rings is 1. The Hall–Kier alpha value is -1.88. The summed E-state index contributed by atoms with van der Waals surface area (Å²) in [5, 5.41) is 0. The van der Waals surface area contributed by atoms with Crippen molar-refractivity contribution in [3.63, 3.8) is 0 Å². The van der Waals surface area contributed by atoms with Gasteiger partial charge in [0.1, 0.15) is 0 Å². The van der Waals surface area contributed by atoms with Crippen molar-refractivity contribution in [2.24, 2.45) is 5.92 Å². The first-order chi connectivity index (χ1) is 12.1. The molecular formula is C20H28N2O3. The molecule has 5 heteroatoms. The normalized spacial score (nSPS) is 20.4. The fourth-order valence-corrected chi connectivity index (χ4v) is 3.39. The molecule has 1 saturated carbocycles. The largest absolute Gasteiger partial charge is 0.462 e. The molecule has 136 valence electrons. The third kappa shape index (κ3) is 4.60. The Labute approximate surface area is 149 Å². The van der Waals surface area contributed by atoms with Crippen LogP contribution >= 0.6 is 0 Å². The van der Waals surface area contributed by atoms with Crippen LogP contribution in [0.4, 0.5) is 0 Å². The molecule has 1 atom stereocenters. The standard InChI is InChI=1S/C20H28N2O3/c1-3-21(4-2)12-15-5-7-17(8-6-15)20(24)25-14-16-11-19(23)22(13-16)18-9-10-18/h5-8,16,18H,3-4,9-14H2,1-2H3/t16-/m0/s1. The van der Waals surface area contributed by atoms with Crippen molar-refractivity contribution in [1.29, 1.82) is 0 Å². The Kier molecular flexibility index (Phi) is 5.74. The lowest BCUT2D eigenvalue weighted by molar-refractivity contribution is -0.128. The summed E-state index contributed by atoms with van der Waals surface area (Å²) in [6, 6.07) is 8.09. The quantitative estimate of drug-likeness (QED) is 0.681. The van der Waals surface area contributed by atoms with Crippen LogP contribution in [0.3, 0.4) is 0 Å². The molecule has 0 aromatic heterocycles. The van der Waals surface area contributed by atoms with E-state index in [1.807, 2.05) is 29.2 Å². The summed E-state index contributed by atoms with van der Waals surface area (Å²) in [5.74, 6) is 0.0509. The van der Waals surface area contributed by atoms with Gasteiger partial charge in [-0.3, -0.25) is 9.69 Å². The minimum Gasteiger partial charge on any atom is -0.462 e. The van der Waals surface area contributed by atoms with E-state index in [1.165, 1.54) is 5.56 Å². The zero-order chi connectivity index (χ0) is 17.8. The van der Waals surface area contributed by atoms with E-state index >= 15 is 0 Å². The number of esters is 1. The van der Waals surface area contributed by atoms with Gasteiger partial charge in [-0.15, -0.1) is 0 Å². The molecule has 3 rings (SSSR count). The van der Waals surface area contributed by atoms with Gasteiger partial charge in [-0.1, -0.05) is 26.0 Å². The lowest BCUT2D eigenvalue weighted by atomic mass is 10.1. The molecule has 5 nitrogen and oxygen atoms in total. The minimum atomic E-state index is -0.299. The highest BCUT2D eigenvalue weighted by Gasteiger charge is 2.39. The zero-order valence-electron chi connectivity index (χ0n) is 15.2. The maximum absolute atomic E-state index is 12.2. The smallest absolute Gasteiger partial charge is 0.338 e. The lowest BCUT2D eigenvalue weighted by Crippen LogP contribution is -2.27. The number of ether oxygens (including phenoxy) is 1. The van der Waals surface area contributed by atoms with Crippen molar-refractivity contribution in [3.05, 3.63) is 35.4 Å². The number of amides is 1. The van der Waals surface area contributed by atoms with Crippen LogP contribution in [0.5, 0.6) is 0 Å². The second-order valence-electron chi connectivity index (χ2n) is 7.10. The summed E-state index contributed by atoms with van der Waals surface area (Å²) in [5.41, 5.74) is 1.77. The van der Waals surface area contributed by atoms with Crippen molar-refractivity contribution in [2.75, 3.05) is 26.2 Å². The summed E-state index contributed by atoms with van der Waals surface area (Å²) in [6.45, 7) is 8.27. The van der Waals surface area contributed by atoms with E-state index < -0.39 is 0 Å². The SMILES string of the molecule is CCN(CC)Cc1ccc(C(=O)OC[C@H]2CC(=O)N(C3CC3)C2)cc1. The molecule has 1 aromatic rings. The van der Waals surface area contributed by atoms with Gasteiger partial charge in [-0.05, 0) is 43.6 Å². The van der Waals surface area contributed by atoms with Crippen LogP contribution in [-0.4, -0.2) is 54.0 Å². The van der Waals surface area contributed by atoms with Crippen molar-refractivity contribution < 1.29 is 14.3 Å². The summed E-state index contributed by atoms with van der Waals surface area (Å²) >= 11 is 0. The molecule has 1 heterocycles. The Morgan fingerprint density at radius 1 is 1.20 bits per heavy atom. The monoisotopic (exact) mass is 344 g/mol.